The first-order valence-corrected chi connectivity index (χ1v) is 6.53. The zero-order valence-corrected chi connectivity index (χ0v) is 10.8. The minimum Gasteiger partial charge on any atom is -0.118 e. The Morgan fingerprint density at radius 1 is 1.38 bits per heavy atom. The van der Waals surface area contributed by atoms with Gasteiger partial charge in [0.05, 0.1) is 5.38 Å². The van der Waals surface area contributed by atoms with Crippen LogP contribution in [0.15, 0.2) is 30.3 Å². The van der Waals surface area contributed by atoms with Crippen molar-refractivity contribution >= 4 is 17.2 Å². The van der Waals surface area contributed by atoms with E-state index in [0.29, 0.717) is 5.92 Å². The zero-order valence-electron chi connectivity index (χ0n) is 10.0. The molecule has 0 aliphatic heterocycles. The van der Waals surface area contributed by atoms with E-state index in [0.717, 1.165) is 19.3 Å². The van der Waals surface area contributed by atoms with Crippen molar-refractivity contribution in [2.75, 3.05) is 0 Å². The molecule has 1 heteroatoms. The lowest BCUT2D eigenvalue weighted by Crippen LogP contribution is -1.94. The van der Waals surface area contributed by atoms with Crippen molar-refractivity contribution in [1.29, 1.82) is 0 Å². The van der Waals surface area contributed by atoms with Crippen LogP contribution in [0.4, 0.5) is 0 Å². The number of hydrogen-bond donors (Lipinski definition) is 0. The van der Waals surface area contributed by atoms with E-state index in [1.165, 1.54) is 16.7 Å². The zero-order chi connectivity index (χ0) is 11.5. The van der Waals surface area contributed by atoms with Crippen molar-refractivity contribution < 1.29 is 0 Å². The number of allylic oxidation sites excluding steroid dienone is 2. The van der Waals surface area contributed by atoms with E-state index >= 15 is 0 Å². The Labute approximate surface area is 103 Å². The molecule has 86 valence electrons. The molecule has 16 heavy (non-hydrogen) atoms. The van der Waals surface area contributed by atoms with Gasteiger partial charge < -0.3 is 0 Å². The minimum absolute atomic E-state index is 0.240. The second-order valence-electron chi connectivity index (χ2n) is 5.04. The Hall–Kier alpha value is -0.750. The SMILES string of the molecule is CC(C)Cc1cccc(C2=CC(Cl)CC2)c1. The Bertz CT molecular complexity index is 390. The topological polar surface area (TPSA) is 0 Å². The first-order chi connectivity index (χ1) is 7.65. The summed E-state index contributed by atoms with van der Waals surface area (Å²) in [6, 6.07) is 8.90. The van der Waals surface area contributed by atoms with Crippen molar-refractivity contribution in [3.8, 4) is 0 Å². The van der Waals surface area contributed by atoms with Crippen LogP contribution in [0.3, 0.4) is 0 Å². The van der Waals surface area contributed by atoms with Gasteiger partial charge in [-0.25, -0.2) is 0 Å². The van der Waals surface area contributed by atoms with Crippen LogP contribution < -0.4 is 0 Å². The van der Waals surface area contributed by atoms with Crippen LogP contribution in [0.25, 0.3) is 5.57 Å². The first kappa shape index (κ1) is 11.7. The van der Waals surface area contributed by atoms with Crippen molar-refractivity contribution in [1.82, 2.24) is 0 Å². The van der Waals surface area contributed by atoms with Crippen LogP contribution in [-0.2, 0) is 6.42 Å². The molecule has 0 saturated carbocycles. The van der Waals surface area contributed by atoms with Crippen LogP contribution in [0.1, 0.15) is 37.8 Å². The molecule has 0 radical (unpaired) electrons. The summed E-state index contributed by atoms with van der Waals surface area (Å²) in [5.41, 5.74) is 4.22. The van der Waals surface area contributed by atoms with Gasteiger partial charge in [0, 0.05) is 0 Å². The van der Waals surface area contributed by atoms with Gasteiger partial charge in [-0.2, -0.15) is 0 Å². The molecule has 0 N–H and O–H groups in total. The summed E-state index contributed by atoms with van der Waals surface area (Å²) in [6.45, 7) is 4.52. The normalized spacial score (nSPS) is 20.2. The highest BCUT2D eigenvalue weighted by Crippen LogP contribution is 2.31. The van der Waals surface area contributed by atoms with Gasteiger partial charge in [-0.3, -0.25) is 0 Å². The molecule has 0 nitrogen and oxygen atoms in total. The van der Waals surface area contributed by atoms with Gasteiger partial charge in [0.2, 0.25) is 0 Å². The van der Waals surface area contributed by atoms with Crippen LogP contribution >= 0.6 is 11.6 Å². The smallest absolute Gasteiger partial charge is 0.0525 e. The van der Waals surface area contributed by atoms with Crippen molar-refractivity contribution in [3.63, 3.8) is 0 Å². The predicted molar refractivity (Wildman–Crippen MR) is 71.8 cm³/mol. The highest BCUT2D eigenvalue weighted by Gasteiger charge is 2.14. The third-order valence-electron chi connectivity index (χ3n) is 3.01. The lowest BCUT2D eigenvalue weighted by atomic mass is 9.98. The quantitative estimate of drug-likeness (QED) is 0.667. The second kappa shape index (κ2) is 5.05. The van der Waals surface area contributed by atoms with E-state index in [1.54, 1.807) is 0 Å². The van der Waals surface area contributed by atoms with E-state index in [4.69, 9.17) is 11.6 Å². The summed E-state index contributed by atoms with van der Waals surface area (Å²) in [6.07, 6.45) is 5.58. The lowest BCUT2D eigenvalue weighted by Gasteiger charge is -2.08. The fourth-order valence-electron chi connectivity index (χ4n) is 2.29. The summed E-state index contributed by atoms with van der Waals surface area (Å²) in [7, 11) is 0. The van der Waals surface area contributed by atoms with Gasteiger partial charge in [0.15, 0.2) is 0 Å². The average molecular weight is 235 g/mol. The van der Waals surface area contributed by atoms with Gasteiger partial charge in [0.1, 0.15) is 0 Å². The average Bonchev–Trinajstić information content (AvgIpc) is 2.64. The Morgan fingerprint density at radius 3 is 2.81 bits per heavy atom. The van der Waals surface area contributed by atoms with Gasteiger partial charge >= 0.3 is 0 Å². The summed E-state index contributed by atoms with van der Waals surface area (Å²) < 4.78 is 0. The maximum absolute atomic E-state index is 6.10. The largest absolute Gasteiger partial charge is 0.118 e. The van der Waals surface area contributed by atoms with Crippen molar-refractivity contribution in [3.05, 3.63) is 41.5 Å². The van der Waals surface area contributed by atoms with Crippen LogP contribution in [-0.4, -0.2) is 5.38 Å². The molecule has 0 aromatic heterocycles. The molecule has 0 fully saturated rings. The van der Waals surface area contributed by atoms with Gasteiger partial charge in [-0.1, -0.05) is 44.2 Å². The maximum Gasteiger partial charge on any atom is 0.0525 e. The standard InChI is InChI=1S/C15H19Cl/c1-11(2)8-12-4-3-5-13(9-12)14-6-7-15(16)10-14/h3-5,9-11,15H,6-8H2,1-2H3. The number of rotatable bonds is 3. The molecule has 1 aliphatic carbocycles. The molecule has 0 heterocycles. The number of hydrogen-bond acceptors (Lipinski definition) is 0. The number of benzene rings is 1. The van der Waals surface area contributed by atoms with E-state index in [1.807, 2.05) is 0 Å². The molecule has 0 saturated heterocycles. The molecule has 1 atom stereocenters. The third kappa shape index (κ3) is 2.89. The summed E-state index contributed by atoms with van der Waals surface area (Å²) in [4.78, 5) is 0. The van der Waals surface area contributed by atoms with Crippen molar-refractivity contribution in [2.24, 2.45) is 5.92 Å². The van der Waals surface area contributed by atoms with Crippen molar-refractivity contribution in [2.45, 2.75) is 38.5 Å². The minimum atomic E-state index is 0.240. The fraction of sp³-hybridized carbons (Fsp3) is 0.467. The molecule has 0 bridgehead atoms. The van der Waals surface area contributed by atoms with Gasteiger partial charge in [0.25, 0.3) is 0 Å². The highest BCUT2D eigenvalue weighted by molar-refractivity contribution is 6.22. The first-order valence-electron chi connectivity index (χ1n) is 6.09. The monoisotopic (exact) mass is 234 g/mol. The molecular weight excluding hydrogens is 216 g/mol. The molecule has 1 unspecified atom stereocenters. The molecule has 0 spiro atoms. The Balaban J connectivity index is 2.19. The highest BCUT2D eigenvalue weighted by atomic mass is 35.5. The van der Waals surface area contributed by atoms with E-state index in [9.17, 15) is 0 Å². The van der Waals surface area contributed by atoms with Gasteiger partial charge in [-0.05, 0) is 41.9 Å². The molecule has 2 rings (SSSR count). The summed E-state index contributed by atoms with van der Waals surface area (Å²) in [5, 5.41) is 0.240. The van der Waals surface area contributed by atoms with Gasteiger partial charge in [-0.15, -0.1) is 11.6 Å². The second-order valence-corrected chi connectivity index (χ2v) is 5.61. The Morgan fingerprint density at radius 2 is 2.19 bits per heavy atom. The fourth-order valence-corrected chi connectivity index (χ4v) is 2.55. The molecular formula is C15H19Cl. The van der Waals surface area contributed by atoms with Crippen LogP contribution in [0, 0.1) is 5.92 Å². The molecule has 1 aliphatic rings. The maximum atomic E-state index is 6.10. The third-order valence-corrected chi connectivity index (χ3v) is 3.36. The summed E-state index contributed by atoms with van der Waals surface area (Å²) >= 11 is 6.10. The molecule has 1 aromatic rings. The van der Waals surface area contributed by atoms with E-state index < -0.39 is 0 Å². The summed E-state index contributed by atoms with van der Waals surface area (Å²) in [5.74, 6) is 0.716. The lowest BCUT2D eigenvalue weighted by molar-refractivity contribution is 0.647. The van der Waals surface area contributed by atoms with E-state index in [-0.39, 0.29) is 5.38 Å². The Kier molecular flexibility index (Phi) is 3.70. The number of halogens is 1. The van der Waals surface area contributed by atoms with E-state index in [2.05, 4.69) is 44.2 Å². The number of alkyl halides is 1. The van der Waals surface area contributed by atoms with Crippen LogP contribution in [0.2, 0.25) is 0 Å². The molecule has 0 amide bonds. The molecule has 1 aromatic carbocycles. The predicted octanol–water partition coefficient (Wildman–Crippen LogP) is 4.67. The van der Waals surface area contributed by atoms with Crippen LogP contribution in [0.5, 0.6) is 0 Å².